The minimum Gasteiger partial charge on any atom is -0.358 e. The van der Waals surface area contributed by atoms with Crippen molar-refractivity contribution < 1.29 is 0 Å². The van der Waals surface area contributed by atoms with Crippen LogP contribution >= 0.6 is 12.2 Å². The Hall–Kier alpha value is -2.66. The molecular weight excluding hydrogens is 316 g/mol. The number of hydrogen-bond donors (Lipinski definition) is 2. The van der Waals surface area contributed by atoms with Gasteiger partial charge in [0.2, 0.25) is 0 Å². The molecule has 0 saturated carbocycles. The van der Waals surface area contributed by atoms with E-state index in [9.17, 15) is 0 Å². The summed E-state index contributed by atoms with van der Waals surface area (Å²) in [7, 11) is 0. The molecule has 24 heavy (non-hydrogen) atoms. The lowest BCUT2D eigenvalue weighted by molar-refractivity contribution is 0.923. The molecule has 2 N–H and O–H groups in total. The summed E-state index contributed by atoms with van der Waals surface area (Å²) in [6, 6.07) is 16.6. The third kappa shape index (κ3) is 4.20. The number of rotatable bonds is 5. The number of thiocarbonyl (C=S) groups is 1. The highest BCUT2D eigenvalue weighted by molar-refractivity contribution is 7.80. The molecular formula is C19H20N4S. The summed E-state index contributed by atoms with van der Waals surface area (Å²) in [6.07, 6.45) is 6.52. The number of imidazole rings is 1. The van der Waals surface area contributed by atoms with E-state index in [1.54, 1.807) is 12.5 Å². The summed E-state index contributed by atoms with van der Waals surface area (Å²) in [5.74, 6) is 0. The van der Waals surface area contributed by atoms with E-state index in [1.165, 1.54) is 11.1 Å². The topological polar surface area (TPSA) is 41.9 Å². The maximum absolute atomic E-state index is 5.35. The molecule has 0 unspecified atom stereocenters. The van der Waals surface area contributed by atoms with Crippen LogP contribution in [0.15, 0.2) is 67.3 Å². The van der Waals surface area contributed by atoms with Gasteiger partial charge in [-0.05, 0) is 54.0 Å². The molecule has 5 heteroatoms. The monoisotopic (exact) mass is 336 g/mol. The van der Waals surface area contributed by atoms with Crippen molar-refractivity contribution in [3.05, 3.63) is 78.4 Å². The molecule has 0 aliphatic carbocycles. The number of nitrogens with one attached hydrogen (secondary N) is 2. The molecule has 1 aromatic heterocycles. The zero-order valence-corrected chi connectivity index (χ0v) is 14.4. The van der Waals surface area contributed by atoms with Crippen LogP contribution in [-0.4, -0.2) is 14.7 Å². The second-order valence-corrected chi connectivity index (χ2v) is 5.90. The molecule has 0 saturated heterocycles. The van der Waals surface area contributed by atoms with Gasteiger partial charge in [-0.25, -0.2) is 4.98 Å². The molecule has 3 rings (SSSR count). The molecule has 4 nitrogen and oxygen atoms in total. The van der Waals surface area contributed by atoms with Crippen LogP contribution in [0.2, 0.25) is 0 Å². The third-order valence-corrected chi connectivity index (χ3v) is 4.06. The molecule has 0 radical (unpaired) electrons. The quantitative estimate of drug-likeness (QED) is 0.693. The van der Waals surface area contributed by atoms with Crippen molar-refractivity contribution in [3.8, 4) is 5.69 Å². The van der Waals surface area contributed by atoms with Crippen molar-refractivity contribution >= 4 is 23.0 Å². The normalized spacial score (nSPS) is 10.4. The average molecular weight is 336 g/mol. The first-order chi connectivity index (χ1) is 11.7. The van der Waals surface area contributed by atoms with Crippen LogP contribution in [0.3, 0.4) is 0 Å². The zero-order chi connectivity index (χ0) is 16.8. The second-order valence-electron chi connectivity index (χ2n) is 5.49. The van der Waals surface area contributed by atoms with Crippen LogP contribution in [0.1, 0.15) is 18.1 Å². The fourth-order valence-electron chi connectivity index (χ4n) is 2.38. The summed E-state index contributed by atoms with van der Waals surface area (Å²) in [5.41, 5.74) is 4.58. The first-order valence-corrected chi connectivity index (χ1v) is 8.36. The molecule has 0 amide bonds. The highest BCUT2D eigenvalue weighted by Gasteiger charge is 2.00. The standard InChI is InChI=1S/C19H20N4S/c1-2-15-3-7-17(8-4-15)22-19(24)21-13-16-5-9-18(10-6-16)23-12-11-20-14-23/h3-12,14H,2,13H2,1H3,(H2,21,22,24). The Kier molecular flexibility index (Phi) is 5.23. The maximum Gasteiger partial charge on any atom is 0.171 e. The van der Waals surface area contributed by atoms with Crippen molar-refractivity contribution in [3.63, 3.8) is 0 Å². The van der Waals surface area contributed by atoms with Crippen molar-refractivity contribution in [2.24, 2.45) is 0 Å². The van der Waals surface area contributed by atoms with Gasteiger partial charge in [0.1, 0.15) is 0 Å². The van der Waals surface area contributed by atoms with Crippen molar-refractivity contribution in [2.45, 2.75) is 19.9 Å². The molecule has 2 aromatic carbocycles. The van der Waals surface area contributed by atoms with E-state index < -0.39 is 0 Å². The van der Waals surface area contributed by atoms with Crippen LogP contribution in [-0.2, 0) is 13.0 Å². The minimum absolute atomic E-state index is 0.623. The highest BCUT2D eigenvalue weighted by Crippen LogP contribution is 2.11. The summed E-state index contributed by atoms with van der Waals surface area (Å²) in [5, 5.41) is 7.06. The predicted molar refractivity (Wildman–Crippen MR) is 102 cm³/mol. The smallest absolute Gasteiger partial charge is 0.171 e. The van der Waals surface area contributed by atoms with Crippen LogP contribution in [0.4, 0.5) is 5.69 Å². The number of nitrogens with zero attached hydrogens (tertiary/aromatic N) is 2. The second kappa shape index (κ2) is 7.75. The Balaban J connectivity index is 1.52. The van der Waals surface area contributed by atoms with Crippen LogP contribution in [0.5, 0.6) is 0 Å². The number of benzene rings is 2. The molecule has 0 bridgehead atoms. The van der Waals surface area contributed by atoms with Gasteiger partial charge in [-0.3, -0.25) is 0 Å². The molecule has 0 fully saturated rings. The van der Waals surface area contributed by atoms with Gasteiger partial charge in [0.25, 0.3) is 0 Å². The zero-order valence-electron chi connectivity index (χ0n) is 13.6. The number of hydrogen-bond acceptors (Lipinski definition) is 2. The predicted octanol–water partition coefficient (Wildman–Crippen LogP) is 3.92. The van der Waals surface area contributed by atoms with Gasteiger partial charge in [0.15, 0.2) is 5.11 Å². The fourth-order valence-corrected chi connectivity index (χ4v) is 2.57. The Bertz CT molecular complexity index is 777. The average Bonchev–Trinajstić information content (AvgIpc) is 3.16. The van der Waals surface area contributed by atoms with E-state index in [-0.39, 0.29) is 0 Å². The first kappa shape index (κ1) is 16.2. The lowest BCUT2D eigenvalue weighted by Crippen LogP contribution is -2.27. The highest BCUT2D eigenvalue weighted by atomic mass is 32.1. The van der Waals surface area contributed by atoms with Gasteiger partial charge in [-0.1, -0.05) is 31.2 Å². The van der Waals surface area contributed by atoms with E-state index >= 15 is 0 Å². The Morgan fingerprint density at radius 1 is 1.04 bits per heavy atom. The first-order valence-electron chi connectivity index (χ1n) is 7.95. The molecule has 1 heterocycles. The Morgan fingerprint density at radius 3 is 2.38 bits per heavy atom. The largest absolute Gasteiger partial charge is 0.358 e. The van der Waals surface area contributed by atoms with Gasteiger partial charge >= 0.3 is 0 Å². The summed E-state index contributed by atoms with van der Waals surface area (Å²) in [6.45, 7) is 2.83. The third-order valence-electron chi connectivity index (χ3n) is 3.81. The van der Waals surface area contributed by atoms with Gasteiger partial charge in [0, 0.05) is 30.3 Å². The summed E-state index contributed by atoms with van der Waals surface area (Å²) in [4.78, 5) is 4.06. The van der Waals surface area contributed by atoms with Gasteiger partial charge in [-0.15, -0.1) is 0 Å². The summed E-state index contributed by atoms with van der Waals surface area (Å²) < 4.78 is 1.98. The Labute approximate surface area is 147 Å². The van der Waals surface area contributed by atoms with Crippen molar-refractivity contribution in [2.75, 3.05) is 5.32 Å². The molecule has 0 atom stereocenters. The lowest BCUT2D eigenvalue weighted by atomic mass is 10.1. The van der Waals surface area contributed by atoms with Crippen LogP contribution < -0.4 is 10.6 Å². The van der Waals surface area contributed by atoms with Gasteiger partial charge in [-0.2, -0.15) is 0 Å². The number of aryl methyl sites for hydroxylation is 1. The number of anilines is 1. The van der Waals surface area contributed by atoms with E-state index in [1.807, 2.05) is 22.9 Å². The molecule has 122 valence electrons. The van der Waals surface area contributed by atoms with E-state index in [0.29, 0.717) is 11.7 Å². The Morgan fingerprint density at radius 2 is 1.75 bits per heavy atom. The van der Waals surface area contributed by atoms with E-state index in [0.717, 1.165) is 17.8 Å². The van der Waals surface area contributed by atoms with E-state index in [4.69, 9.17) is 12.2 Å². The van der Waals surface area contributed by atoms with Crippen LogP contribution in [0, 0.1) is 0 Å². The fraction of sp³-hybridized carbons (Fsp3) is 0.158. The van der Waals surface area contributed by atoms with Crippen molar-refractivity contribution in [1.29, 1.82) is 0 Å². The minimum atomic E-state index is 0.623. The van der Waals surface area contributed by atoms with Crippen LogP contribution in [0.25, 0.3) is 5.69 Å². The molecule has 0 aliphatic heterocycles. The SMILES string of the molecule is CCc1ccc(NC(=S)NCc2ccc(-n3ccnc3)cc2)cc1. The maximum atomic E-state index is 5.35. The van der Waals surface area contributed by atoms with Gasteiger partial charge in [0.05, 0.1) is 6.33 Å². The lowest BCUT2D eigenvalue weighted by Gasteiger charge is -2.11. The molecule has 3 aromatic rings. The summed E-state index contributed by atoms with van der Waals surface area (Å²) >= 11 is 5.35. The molecule has 0 spiro atoms. The van der Waals surface area contributed by atoms with Crippen molar-refractivity contribution in [1.82, 2.24) is 14.9 Å². The molecule has 0 aliphatic rings. The number of aromatic nitrogens is 2. The van der Waals surface area contributed by atoms with E-state index in [2.05, 4.69) is 58.9 Å². The van der Waals surface area contributed by atoms with Gasteiger partial charge < -0.3 is 15.2 Å².